The Morgan fingerprint density at radius 1 is 1.25 bits per heavy atom. The van der Waals surface area contributed by atoms with Crippen LogP contribution in [0.3, 0.4) is 0 Å². The number of ketones is 1. The largest absolute Gasteiger partial charge is 0.300 e. The van der Waals surface area contributed by atoms with Crippen molar-refractivity contribution in [2.24, 2.45) is 0 Å². The molecule has 0 aromatic heterocycles. The lowest BCUT2D eigenvalue weighted by Crippen LogP contribution is -2.02. The van der Waals surface area contributed by atoms with E-state index in [0.717, 1.165) is 4.90 Å². The van der Waals surface area contributed by atoms with Gasteiger partial charge in [-0.25, -0.2) is 0 Å². The summed E-state index contributed by atoms with van der Waals surface area (Å²) in [6.45, 7) is 3.87. The maximum absolute atomic E-state index is 11.8. The molecule has 0 heterocycles. The van der Waals surface area contributed by atoms with Crippen LogP contribution in [-0.4, -0.2) is 15.7 Å². The van der Waals surface area contributed by atoms with Crippen molar-refractivity contribution >= 4 is 16.6 Å². The van der Waals surface area contributed by atoms with Crippen LogP contribution in [0.5, 0.6) is 0 Å². The molecule has 1 atom stereocenters. The molecule has 0 saturated carbocycles. The minimum absolute atomic E-state index is 0.251. The molecule has 0 bridgehead atoms. The van der Waals surface area contributed by atoms with Crippen LogP contribution in [0.1, 0.15) is 31.7 Å². The van der Waals surface area contributed by atoms with Gasteiger partial charge >= 0.3 is 0 Å². The minimum Gasteiger partial charge on any atom is -0.300 e. The van der Waals surface area contributed by atoms with Gasteiger partial charge < -0.3 is 0 Å². The van der Waals surface area contributed by atoms with Gasteiger partial charge in [0.15, 0.2) is 0 Å². The highest BCUT2D eigenvalue weighted by molar-refractivity contribution is 7.85. The predicted octanol–water partition coefficient (Wildman–Crippen LogP) is 2.86. The first-order valence-corrected chi connectivity index (χ1v) is 6.92. The second-order valence-corrected chi connectivity index (χ2v) is 5.43. The first kappa shape index (κ1) is 13.1. The quantitative estimate of drug-likeness (QED) is 0.763. The molecule has 0 aliphatic rings. The molecule has 1 rings (SSSR count). The Morgan fingerprint density at radius 2 is 1.88 bits per heavy atom. The predicted molar refractivity (Wildman–Crippen MR) is 67.0 cm³/mol. The Hall–Kier alpha value is -0.960. The molecule has 0 spiro atoms. The van der Waals surface area contributed by atoms with Crippen LogP contribution in [0.4, 0.5) is 0 Å². The molecule has 1 aromatic rings. The number of hydrogen-bond acceptors (Lipinski definition) is 2. The fraction of sp³-hybridized carbons (Fsp3) is 0.462. The van der Waals surface area contributed by atoms with E-state index in [1.165, 1.54) is 5.56 Å². The summed E-state index contributed by atoms with van der Waals surface area (Å²) in [5.74, 6) is 0.829. The summed E-state index contributed by atoms with van der Waals surface area (Å²) in [7, 11) is -0.962. The van der Waals surface area contributed by atoms with Crippen molar-refractivity contribution in [3.63, 3.8) is 0 Å². The van der Waals surface area contributed by atoms with E-state index in [-0.39, 0.29) is 5.78 Å². The smallest absolute Gasteiger partial charge is 0.132 e. The molecule has 3 heteroatoms. The monoisotopic (exact) mass is 238 g/mol. The lowest BCUT2D eigenvalue weighted by atomic mass is 10.2. The minimum atomic E-state index is -0.962. The average Bonchev–Trinajstić information content (AvgIpc) is 2.29. The molecule has 0 fully saturated rings. The van der Waals surface area contributed by atoms with Crippen LogP contribution in [0.15, 0.2) is 29.2 Å². The van der Waals surface area contributed by atoms with Gasteiger partial charge in [0.1, 0.15) is 5.78 Å². The van der Waals surface area contributed by atoms with Gasteiger partial charge in [-0.15, -0.1) is 0 Å². The highest BCUT2D eigenvalue weighted by atomic mass is 32.2. The van der Waals surface area contributed by atoms with Crippen LogP contribution in [-0.2, 0) is 15.6 Å². The standard InChI is InChI=1S/C13H18O2S/c1-3-12(14)5-4-10-16(15)13-8-6-11(2)7-9-13/h6-9H,3-5,10H2,1-2H3. The van der Waals surface area contributed by atoms with Gasteiger partial charge in [-0.2, -0.15) is 0 Å². The maximum Gasteiger partial charge on any atom is 0.132 e. The van der Waals surface area contributed by atoms with E-state index in [1.54, 1.807) is 0 Å². The summed E-state index contributed by atoms with van der Waals surface area (Å²) in [6.07, 6.45) is 1.85. The first-order chi connectivity index (χ1) is 7.63. The van der Waals surface area contributed by atoms with E-state index in [9.17, 15) is 9.00 Å². The Morgan fingerprint density at radius 3 is 2.44 bits per heavy atom. The van der Waals surface area contributed by atoms with Crippen molar-refractivity contribution in [1.29, 1.82) is 0 Å². The number of carbonyl (C=O) groups is 1. The molecule has 1 unspecified atom stereocenters. The van der Waals surface area contributed by atoms with Gasteiger partial charge in [0, 0.05) is 23.5 Å². The molecule has 0 radical (unpaired) electrons. The summed E-state index contributed by atoms with van der Waals surface area (Å²) in [6, 6.07) is 7.72. The van der Waals surface area contributed by atoms with Gasteiger partial charge in [0.2, 0.25) is 0 Å². The second kappa shape index (κ2) is 6.59. The summed E-state index contributed by atoms with van der Waals surface area (Å²) < 4.78 is 11.8. The molecule has 0 amide bonds. The zero-order valence-electron chi connectivity index (χ0n) is 9.86. The third-order valence-electron chi connectivity index (χ3n) is 2.46. The summed E-state index contributed by atoms with van der Waals surface area (Å²) >= 11 is 0. The van der Waals surface area contributed by atoms with Crippen molar-refractivity contribution in [3.8, 4) is 0 Å². The Bertz CT molecular complexity index is 368. The molecule has 0 aliphatic carbocycles. The number of rotatable bonds is 6. The van der Waals surface area contributed by atoms with Crippen molar-refractivity contribution in [2.45, 2.75) is 38.0 Å². The lowest BCUT2D eigenvalue weighted by molar-refractivity contribution is -0.118. The molecular formula is C13H18O2S. The van der Waals surface area contributed by atoms with Crippen molar-refractivity contribution in [1.82, 2.24) is 0 Å². The van der Waals surface area contributed by atoms with E-state index >= 15 is 0 Å². The zero-order valence-corrected chi connectivity index (χ0v) is 10.7. The van der Waals surface area contributed by atoms with E-state index in [0.29, 0.717) is 25.0 Å². The van der Waals surface area contributed by atoms with Gasteiger partial charge in [0.05, 0.1) is 10.8 Å². The third-order valence-corrected chi connectivity index (χ3v) is 3.92. The van der Waals surface area contributed by atoms with Crippen LogP contribution >= 0.6 is 0 Å². The SMILES string of the molecule is CCC(=O)CCCS(=O)c1ccc(C)cc1. The highest BCUT2D eigenvalue weighted by Crippen LogP contribution is 2.10. The molecule has 1 aromatic carbocycles. The highest BCUT2D eigenvalue weighted by Gasteiger charge is 2.05. The zero-order chi connectivity index (χ0) is 12.0. The Balaban J connectivity index is 2.41. The molecule has 16 heavy (non-hydrogen) atoms. The molecule has 0 aliphatic heterocycles. The first-order valence-electron chi connectivity index (χ1n) is 5.60. The number of carbonyl (C=O) groups excluding carboxylic acids is 1. The van der Waals surface area contributed by atoms with E-state index in [2.05, 4.69) is 0 Å². The van der Waals surface area contributed by atoms with E-state index < -0.39 is 10.8 Å². The molecular weight excluding hydrogens is 220 g/mol. The fourth-order valence-corrected chi connectivity index (χ4v) is 2.47. The molecule has 0 saturated heterocycles. The van der Waals surface area contributed by atoms with Crippen molar-refractivity contribution in [2.75, 3.05) is 5.75 Å². The second-order valence-electron chi connectivity index (χ2n) is 3.86. The molecule has 2 nitrogen and oxygen atoms in total. The number of benzene rings is 1. The average molecular weight is 238 g/mol. The Kier molecular flexibility index (Phi) is 5.39. The van der Waals surface area contributed by atoms with Gasteiger partial charge in [0.25, 0.3) is 0 Å². The van der Waals surface area contributed by atoms with Gasteiger partial charge in [-0.05, 0) is 25.5 Å². The van der Waals surface area contributed by atoms with E-state index in [1.807, 2.05) is 38.1 Å². The lowest BCUT2D eigenvalue weighted by Gasteiger charge is -2.02. The van der Waals surface area contributed by atoms with E-state index in [4.69, 9.17) is 0 Å². The normalized spacial score (nSPS) is 12.4. The maximum atomic E-state index is 11.8. The van der Waals surface area contributed by atoms with Gasteiger partial charge in [-0.1, -0.05) is 24.6 Å². The number of hydrogen-bond donors (Lipinski definition) is 0. The van der Waals surface area contributed by atoms with Crippen LogP contribution in [0, 0.1) is 6.92 Å². The van der Waals surface area contributed by atoms with Crippen LogP contribution in [0.25, 0.3) is 0 Å². The topological polar surface area (TPSA) is 34.1 Å². The van der Waals surface area contributed by atoms with Gasteiger partial charge in [-0.3, -0.25) is 9.00 Å². The number of Topliss-reactive ketones (excluding diaryl/α,β-unsaturated/α-hetero) is 1. The summed E-state index contributed by atoms with van der Waals surface area (Å²) in [4.78, 5) is 11.9. The van der Waals surface area contributed by atoms with Crippen LogP contribution in [0.2, 0.25) is 0 Å². The molecule has 0 N–H and O–H groups in total. The molecule has 88 valence electrons. The van der Waals surface area contributed by atoms with Crippen LogP contribution < -0.4 is 0 Å². The van der Waals surface area contributed by atoms with Crippen molar-refractivity contribution in [3.05, 3.63) is 29.8 Å². The number of aryl methyl sites for hydroxylation is 1. The summed E-state index contributed by atoms with van der Waals surface area (Å²) in [5, 5.41) is 0. The third kappa shape index (κ3) is 4.27. The fourth-order valence-electron chi connectivity index (χ4n) is 1.39. The summed E-state index contributed by atoms with van der Waals surface area (Å²) in [5.41, 5.74) is 1.17. The Labute approximate surface area is 99.5 Å². The van der Waals surface area contributed by atoms with Crippen molar-refractivity contribution < 1.29 is 9.00 Å².